The molecule has 1 rings (SSSR count). The molecule has 138 valence electrons. The normalized spacial score (nSPS) is 11.8. The Labute approximate surface area is 191 Å². The molecular formula is C20H32BaO4. The molecule has 1 aromatic carbocycles. The van der Waals surface area contributed by atoms with Gasteiger partial charge in [-0.15, -0.1) is 0 Å². The average molecular weight is 474 g/mol. The molecule has 0 bridgehead atoms. The van der Waals surface area contributed by atoms with Crippen molar-refractivity contribution in [3.05, 3.63) is 35.9 Å². The summed E-state index contributed by atoms with van der Waals surface area (Å²) in [6.07, 6.45) is 9.38. The molecule has 0 aliphatic rings. The van der Waals surface area contributed by atoms with Gasteiger partial charge in [0.05, 0.1) is 0 Å². The van der Waals surface area contributed by atoms with Crippen molar-refractivity contribution in [1.29, 1.82) is 0 Å². The Hall–Kier alpha value is -0.269. The Morgan fingerprint density at radius 1 is 0.880 bits per heavy atom. The van der Waals surface area contributed by atoms with E-state index < -0.39 is 17.9 Å². The summed E-state index contributed by atoms with van der Waals surface area (Å²) >= 11 is 0. The Morgan fingerprint density at radius 2 is 1.40 bits per heavy atom. The van der Waals surface area contributed by atoms with Crippen molar-refractivity contribution in [2.24, 2.45) is 5.92 Å². The number of carboxylic acids is 2. The summed E-state index contributed by atoms with van der Waals surface area (Å²) in [5, 5.41) is 18.3. The zero-order valence-corrected chi connectivity index (χ0v) is 14.6. The summed E-state index contributed by atoms with van der Waals surface area (Å²) in [5.41, 5.74) is 1.04. The molecule has 2 N–H and O–H groups in total. The van der Waals surface area contributed by atoms with Gasteiger partial charge < -0.3 is 10.2 Å². The van der Waals surface area contributed by atoms with E-state index in [1.54, 1.807) is 0 Å². The fourth-order valence-electron chi connectivity index (χ4n) is 3.09. The number of aliphatic carboxylic acids is 2. The summed E-state index contributed by atoms with van der Waals surface area (Å²) in [4.78, 5) is 22.4. The fraction of sp³-hybridized carbons (Fsp3) is 0.600. The molecule has 1 unspecified atom stereocenters. The van der Waals surface area contributed by atoms with Crippen LogP contribution in [0.15, 0.2) is 30.3 Å². The molecule has 0 aliphatic carbocycles. The molecule has 0 spiro atoms. The Morgan fingerprint density at radius 3 is 1.92 bits per heavy atom. The second kappa shape index (κ2) is 14.9. The van der Waals surface area contributed by atoms with Crippen LogP contribution in [-0.2, 0) is 9.59 Å². The van der Waals surface area contributed by atoms with E-state index in [-0.39, 0.29) is 61.2 Å². The van der Waals surface area contributed by atoms with E-state index in [2.05, 4.69) is 6.92 Å². The summed E-state index contributed by atoms with van der Waals surface area (Å²) in [5.74, 6) is -3.84. The summed E-state index contributed by atoms with van der Waals surface area (Å²) < 4.78 is 0. The van der Waals surface area contributed by atoms with Crippen LogP contribution < -0.4 is 0 Å². The molecular weight excluding hydrogens is 442 g/mol. The van der Waals surface area contributed by atoms with Gasteiger partial charge in [0, 0.05) is 0 Å². The number of rotatable bonds is 13. The first-order valence-corrected chi connectivity index (χ1v) is 9.06. The van der Waals surface area contributed by atoms with Crippen molar-refractivity contribution in [3.8, 4) is 0 Å². The molecule has 0 heterocycles. The summed E-state index contributed by atoms with van der Waals surface area (Å²) in [6.45, 7) is 2.20. The molecule has 1 atom stereocenters. The van der Waals surface area contributed by atoms with E-state index in [0.717, 1.165) is 24.8 Å². The summed E-state index contributed by atoms with van der Waals surface area (Å²) in [7, 11) is 0. The van der Waals surface area contributed by atoms with Crippen LogP contribution in [0.5, 0.6) is 0 Å². The van der Waals surface area contributed by atoms with Crippen molar-refractivity contribution >= 4 is 60.8 Å². The van der Waals surface area contributed by atoms with Crippen LogP contribution >= 0.6 is 0 Å². The van der Waals surface area contributed by atoms with E-state index >= 15 is 0 Å². The Kier molecular flexibility index (Phi) is 14.7. The third kappa shape index (κ3) is 10.5. The van der Waals surface area contributed by atoms with Gasteiger partial charge in [-0.1, -0.05) is 82.2 Å². The molecule has 0 aromatic heterocycles. The van der Waals surface area contributed by atoms with Gasteiger partial charge in [-0.2, -0.15) is 0 Å². The third-order valence-electron chi connectivity index (χ3n) is 4.54. The SMILES string of the molecule is CCCCCCCCCC(CC(C(=O)O)C(=O)O)c1ccccc1.[BaH2]. The van der Waals surface area contributed by atoms with Crippen LogP contribution in [0.2, 0.25) is 0 Å². The molecule has 1 aromatic rings. The minimum atomic E-state index is -1.33. The maximum absolute atomic E-state index is 11.2. The number of carboxylic acid groups (broad SMARTS) is 2. The standard InChI is InChI=1S/C20H30O4.Ba.2H/c1-2-3-4-5-6-7-9-14-17(16-12-10-8-11-13-16)15-18(19(21)22)20(23)24;;;/h8,10-13,17-18H,2-7,9,14-15H2,1H3,(H,21,22)(H,23,24);;;. The van der Waals surface area contributed by atoms with Crippen molar-refractivity contribution in [3.63, 3.8) is 0 Å². The van der Waals surface area contributed by atoms with Crippen LogP contribution in [0.3, 0.4) is 0 Å². The van der Waals surface area contributed by atoms with Gasteiger partial charge in [0.2, 0.25) is 0 Å². The van der Waals surface area contributed by atoms with Crippen molar-refractivity contribution < 1.29 is 19.8 Å². The topological polar surface area (TPSA) is 74.6 Å². The van der Waals surface area contributed by atoms with Gasteiger partial charge in [-0.05, 0) is 24.3 Å². The average Bonchev–Trinajstić information content (AvgIpc) is 2.56. The first-order valence-electron chi connectivity index (χ1n) is 9.06. The predicted molar refractivity (Wildman–Crippen MR) is 104 cm³/mol. The molecule has 0 saturated carbocycles. The number of benzene rings is 1. The first kappa shape index (κ1) is 24.7. The van der Waals surface area contributed by atoms with E-state index in [1.165, 1.54) is 32.1 Å². The maximum atomic E-state index is 11.2. The van der Waals surface area contributed by atoms with Gasteiger partial charge in [-0.25, -0.2) is 0 Å². The number of hydrogen-bond acceptors (Lipinski definition) is 2. The Balaban J connectivity index is 0.00000576. The molecule has 25 heavy (non-hydrogen) atoms. The van der Waals surface area contributed by atoms with E-state index in [0.29, 0.717) is 0 Å². The molecule has 5 heteroatoms. The zero-order valence-electron chi connectivity index (χ0n) is 14.6. The molecule has 0 saturated heterocycles. The quantitative estimate of drug-likeness (QED) is 0.256. The van der Waals surface area contributed by atoms with Crippen molar-refractivity contribution in [1.82, 2.24) is 0 Å². The predicted octanol–water partition coefficient (Wildman–Crippen LogP) is 4.17. The monoisotopic (exact) mass is 474 g/mol. The molecule has 0 aliphatic heterocycles. The Bertz CT molecular complexity index is 476. The molecule has 0 amide bonds. The van der Waals surface area contributed by atoms with Gasteiger partial charge in [0.15, 0.2) is 5.92 Å². The fourth-order valence-corrected chi connectivity index (χ4v) is 3.09. The van der Waals surface area contributed by atoms with Gasteiger partial charge >= 0.3 is 60.8 Å². The van der Waals surface area contributed by atoms with Crippen molar-refractivity contribution in [2.45, 2.75) is 70.6 Å². The van der Waals surface area contributed by atoms with Gasteiger partial charge in [0.1, 0.15) is 0 Å². The van der Waals surface area contributed by atoms with Crippen LogP contribution in [0.25, 0.3) is 0 Å². The van der Waals surface area contributed by atoms with Gasteiger partial charge in [-0.3, -0.25) is 9.59 Å². The number of hydrogen-bond donors (Lipinski definition) is 2. The number of carbonyl (C=O) groups is 2. The van der Waals surface area contributed by atoms with Gasteiger partial charge in [0.25, 0.3) is 0 Å². The molecule has 0 fully saturated rings. The zero-order chi connectivity index (χ0) is 17.8. The van der Waals surface area contributed by atoms with Crippen LogP contribution in [0, 0.1) is 5.92 Å². The van der Waals surface area contributed by atoms with E-state index in [9.17, 15) is 9.59 Å². The first-order chi connectivity index (χ1) is 11.6. The third-order valence-corrected chi connectivity index (χ3v) is 4.54. The minimum absolute atomic E-state index is 0. The van der Waals surface area contributed by atoms with E-state index in [4.69, 9.17) is 10.2 Å². The molecule has 4 nitrogen and oxygen atoms in total. The number of unbranched alkanes of at least 4 members (excludes halogenated alkanes) is 6. The second-order valence-electron chi connectivity index (χ2n) is 6.48. The van der Waals surface area contributed by atoms with Crippen molar-refractivity contribution in [2.75, 3.05) is 0 Å². The van der Waals surface area contributed by atoms with Crippen LogP contribution in [-0.4, -0.2) is 71.0 Å². The molecule has 0 radical (unpaired) electrons. The van der Waals surface area contributed by atoms with Crippen LogP contribution in [0.1, 0.15) is 76.2 Å². The van der Waals surface area contributed by atoms with E-state index in [1.807, 2.05) is 30.3 Å². The summed E-state index contributed by atoms with van der Waals surface area (Å²) in [6, 6.07) is 9.69. The van der Waals surface area contributed by atoms with Crippen LogP contribution in [0.4, 0.5) is 0 Å². The second-order valence-corrected chi connectivity index (χ2v) is 6.48.